The number of hydrogen-bond acceptors (Lipinski definition) is 3. The van der Waals surface area contributed by atoms with Crippen molar-refractivity contribution < 1.29 is 4.79 Å². The molecule has 17 heavy (non-hydrogen) atoms. The highest BCUT2D eigenvalue weighted by Crippen LogP contribution is 2.12. The summed E-state index contributed by atoms with van der Waals surface area (Å²) >= 11 is 1.89. The molecule has 1 aliphatic rings. The van der Waals surface area contributed by atoms with Crippen molar-refractivity contribution in [1.29, 1.82) is 0 Å². The van der Waals surface area contributed by atoms with Crippen LogP contribution < -0.4 is 5.32 Å². The normalized spacial score (nSPS) is 19.2. The van der Waals surface area contributed by atoms with Crippen LogP contribution in [0.4, 0.5) is 4.79 Å². The van der Waals surface area contributed by atoms with Gasteiger partial charge in [0, 0.05) is 45.0 Å². The fourth-order valence-corrected chi connectivity index (χ4v) is 2.24. The van der Waals surface area contributed by atoms with Gasteiger partial charge in [-0.25, -0.2) is 4.79 Å². The van der Waals surface area contributed by atoms with E-state index in [1.165, 1.54) is 0 Å². The Morgan fingerprint density at radius 2 is 2.06 bits per heavy atom. The highest BCUT2D eigenvalue weighted by molar-refractivity contribution is 7.99. The molecule has 1 heterocycles. The minimum atomic E-state index is 0.140. The third-order valence-corrected chi connectivity index (χ3v) is 4.22. The van der Waals surface area contributed by atoms with Crippen molar-refractivity contribution in [2.24, 2.45) is 0 Å². The van der Waals surface area contributed by atoms with Crippen LogP contribution in [-0.2, 0) is 0 Å². The number of amides is 2. The van der Waals surface area contributed by atoms with E-state index in [-0.39, 0.29) is 6.03 Å². The number of likely N-dealkylation sites (tertiary alicyclic amines) is 1. The summed E-state index contributed by atoms with van der Waals surface area (Å²) in [5.74, 6) is 0. The molecule has 100 valence electrons. The molecule has 1 rings (SSSR count). The van der Waals surface area contributed by atoms with Gasteiger partial charge in [0.15, 0.2) is 0 Å². The van der Waals surface area contributed by atoms with Gasteiger partial charge in [-0.05, 0) is 19.1 Å². The van der Waals surface area contributed by atoms with Crippen molar-refractivity contribution in [2.45, 2.75) is 31.1 Å². The molecule has 1 unspecified atom stereocenters. The number of piperidine rings is 1. The van der Waals surface area contributed by atoms with Crippen molar-refractivity contribution in [2.75, 3.05) is 40.0 Å². The first-order valence-corrected chi connectivity index (χ1v) is 7.55. The number of carbonyl (C=O) groups is 1. The molecule has 0 aliphatic carbocycles. The molecule has 1 atom stereocenters. The largest absolute Gasteiger partial charge is 0.331 e. The SMILES string of the molecule is CSC(C)CNC1CCN(C(=O)N(C)C)CC1. The zero-order valence-corrected chi connectivity index (χ0v) is 12.2. The van der Waals surface area contributed by atoms with Crippen LogP contribution in [0.15, 0.2) is 0 Å². The van der Waals surface area contributed by atoms with E-state index in [0.29, 0.717) is 11.3 Å². The van der Waals surface area contributed by atoms with Crippen molar-refractivity contribution in [3.8, 4) is 0 Å². The lowest BCUT2D eigenvalue weighted by molar-refractivity contribution is 0.152. The first-order valence-electron chi connectivity index (χ1n) is 6.27. The monoisotopic (exact) mass is 259 g/mol. The van der Waals surface area contributed by atoms with E-state index in [2.05, 4.69) is 18.5 Å². The van der Waals surface area contributed by atoms with Crippen LogP contribution >= 0.6 is 11.8 Å². The Morgan fingerprint density at radius 3 is 2.53 bits per heavy atom. The van der Waals surface area contributed by atoms with Crippen molar-refractivity contribution in [1.82, 2.24) is 15.1 Å². The number of thioether (sulfide) groups is 1. The van der Waals surface area contributed by atoms with Gasteiger partial charge in [0.05, 0.1) is 0 Å². The van der Waals surface area contributed by atoms with Gasteiger partial charge >= 0.3 is 6.03 Å². The zero-order valence-electron chi connectivity index (χ0n) is 11.4. The summed E-state index contributed by atoms with van der Waals surface area (Å²) in [6.07, 6.45) is 4.28. The van der Waals surface area contributed by atoms with Gasteiger partial charge in [-0.1, -0.05) is 6.92 Å². The number of carbonyl (C=O) groups excluding carboxylic acids is 1. The highest BCUT2D eigenvalue weighted by Gasteiger charge is 2.23. The molecule has 2 amide bonds. The summed E-state index contributed by atoms with van der Waals surface area (Å²) in [5.41, 5.74) is 0. The molecule has 0 aromatic rings. The number of urea groups is 1. The highest BCUT2D eigenvalue weighted by atomic mass is 32.2. The zero-order chi connectivity index (χ0) is 12.8. The predicted octanol–water partition coefficient (Wildman–Crippen LogP) is 1.47. The average Bonchev–Trinajstić information content (AvgIpc) is 2.35. The Kier molecular flexibility index (Phi) is 6.12. The fourth-order valence-electron chi connectivity index (χ4n) is 1.97. The van der Waals surface area contributed by atoms with Crippen LogP contribution in [0.2, 0.25) is 0 Å². The maximum Gasteiger partial charge on any atom is 0.319 e. The quantitative estimate of drug-likeness (QED) is 0.830. The molecular formula is C12H25N3OS. The molecular weight excluding hydrogens is 234 g/mol. The standard InChI is InChI=1S/C12H25N3OS/c1-10(17-4)9-13-11-5-7-15(8-6-11)12(16)14(2)3/h10-11,13H,5-9H2,1-4H3. The van der Waals surface area contributed by atoms with E-state index in [1.54, 1.807) is 4.90 Å². The molecule has 5 heteroatoms. The minimum Gasteiger partial charge on any atom is -0.331 e. The molecule has 0 saturated carbocycles. The topological polar surface area (TPSA) is 35.6 Å². The van der Waals surface area contributed by atoms with Gasteiger partial charge in [0.25, 0.3) is 0 Å². The lowest BCUT2D eigenvalue weighted by Gasteiger charge is -2.34. The van der Waals surface area contributed by atoms with Crippen LogP contribution in [-0.4, -0.2) is 67.1 Å². The Morgan fingerprint density at radius 1 is 1.47 bits per heavy atom. The summed E-state index contributed by atoms with van der Waals surface area (Å²) in [6.45, 7) is 5.06. The smallest absolute Gasteiger partial charge is 0.319 e. The second-order valence-corrected chi connectivity index (χ2v) is 6.17. The van der Waals surface area contributed by atoms with Gasteiger partial charge in [-0.2, -0.15) is 11.8 Å². The average molecular weight is 259 g/mol. The number of nitrogens with one attached hydrogen (secondary N) is 1. The third kappa shape index (κ3) is 4.76. The second kappa shape index (κ2) is 7.11. The molecule has 1 aliphatic heterocycles. The number of hydrogen-bond donors (Lipinski definition) is 1. The second-order valence-electron chi connectivity index (χ2n) is 4.89. The van der Waals surface area contributed by atoms with Crippen LogP contribution in [0.25, 0.3) is 0 Å². The van der Waals surface area contributed by atoms with E-state index >= 15 is 0 Å². The molecule has 0 spiro atoms. The van der Waals surface area contributed by atoms with Crippen molar-refractivity contribution in [3.63, 3.8) is 0 Å². The van der Waals surface area contributed by atoms with Gasteiger partial charge in [0.1, 0.15) is 0 Å². The summed E-state index contributed by atoms with van der Waals surface area (Å²) in [6, 6.07) is 0.719. The molecule has 1 saturated heterocycles. The molecule has 1 fully saturated rings. The Labute approximate surface area is 109 Å². The van der Waals surface area contributed by atoms with Crippen molar-refractivity contribution >= 4 is 17.8 Å². The van der Waals surface area contributed by atoms with Crippen LogP contribution in [0.5, 0.6) is 0 Å². The van der Waals surface area contributed by atoms with Crippen LogP contribution in [0.3, 0.4) is 0 Å². The van der Waals surface area contributed by atoms with E-state index in [4.69, 9.17) is 0 Å². The Bertz CT molecular complexity index is 240. The minimum absolute atomic E-state index is 0.140. The Hall–Kier alpha value is -0.420. The fraction of sp³-hybridized carbons (Fsp3) is 0.917. The molecule has 0 radical (unpaired) electrons. The summed E-state index contributed by atoms with van der Waals surface area (Å²) in [7, 11) is 3.62. The van der Waals surface area contributed by atoms with Gasteiger partial charge in [-0.15, -0.1) is 0 Å². The lowest BCUT2D eigenvalue weighted by Crippen LogP contribution is -2.48. The molecule has 4 nitrogen and oxygen atoms in total. The van der Waals surface area contributed by atoms with Gasteiger partial charge < -0.3 is 15.1 Å². The third-order valence-electron chi connectivity index (χ3n) is 3.24. The van der Waals surface area contributed by atoms with E-state index in [1.807, 2.05) is 30.8 Å². The maximum absolute atomic E-state index is 11.7. The summed E-state index contributed by atoms with van der Waals surface area (Å²) < 4.78 is 0. The number of nitrogens with zero attached hydrogens (tertiary/aromatic N) is 2. The molecule has 1 N–H and O–H groups in total. The van der Waals surface area contributed by atoms with E-state index in [9.17, 15) is 4.79 Å². The van der Waals surface area contributed by atoms with E-state index < -0.39 is 0 Å². The predicted molar refractivity (Wildman–Crippen MR) is 74.7 cm³/mol. The first-order chi connectivity index (χ1) is 8.04. The van der Waals surface area contributed by atoms with Crippen LogP contribution in [0.1, 0.15) is 19.8 Å². The van der Waals surface area contributed by atoms with Gasteiger partial charge in [-0.3, -0.25) is 0 Å². The molecule has 0 aromatic carbocycles. The summed E-state index contributed by atoms with van der Waals surface area (Å²) in [4.78, 5) is 15.3. The summed E-state index contributed by atoms with van der Waals surface area (Å²) in [5, 5.41) is 4.25. The lowest BCUT2D eigenvalue weighted by atomic mass is 10.1. The maximum atomic E-state index is 11.7. The Balaban J connectivity index is 2.24. The van der Waals surface area contributed by atoms with Crippen LogP contribution in [0, 0.1) is 0 Å². The molecule has 0 bridgehead atoms. The van der Waals surface area contributed by atoms with Crippen molar-refractivity contribution in [3.05, 3.63) is 0 Å². The van der Waals surface area contributed by atoms with Gasteiger partial charge in [0.2, 0.25) is 0 Å². The first kappa shape index (κ1) is 14.6. The van der Waals surface area contributed by atoms with E-state index in [0.717, 1.165) is 32.5 Å². The molecule has 0 aromatic heterocycles. The number of rotatable bonds is 4.